The molecule has 15 heavy (non-hydrogen) atoms. The van der Waals surface area contributed by atoms with Crippen LogP contribution in [0, 0.1) is 5.41 Å². The van der Waals surface area contributed by atoms with Crippen LogP contribution >= 0.6 is 0 Å². The molecule has 1 unspecified atom stereocenters. The number of rotatable bonds is 9. The summed E-state index contributed by atoms with van der Waals surface area (Å²) >= 11 is 0. The summed E-state index contributed by atoms with van der Waals surface area (Å²) in [5, 5.41) is 3.54. The van der Waals surface area contributed by atoms with Crippen LogP contribution < -0.4 is 5.32 Å². The molecule has 0 aliphatic carbocycles. The summed E-state index contributed by atoms with van der Waals surface area (Å²) in [6.45, 7) is 14.0. The summed E-state index contributed by atoms with van der Waals surface area (Å²) in [7, 11) is 0. The van der Waals surface area contributed by atoms with Gasteiger partial charge < -0.3 is 10.1 Å². The minimum absolute atomic E-state index is 0.432. The molecule has 92 valence electrons. The molecular formula is C13H29NO. The van der Waals surface area contributed by atoms with Crippen LogP contribution in [0.4, 0.5) is 0 Å². The second-order valence-electron chi connectivity index (χ2n) is 5.00. The van der Waals surface area contributed by atoms with Crippen molar-refractivity contribution in [3.05, 3.63) is 0 Å². The minimum Gasteiger partial charge on any atom is -0.382 e. The molecule has 2 heteroatoms. The molecule has 0 bridgehead atoms. The van der Waals surface area contributed by atoms with Gasteiger partial charge in [-0.1, -0.05) is 27.7 Å². The lowest BCUT2D eigenvalue weighted by atomic mass is 9.82. The summed E-state index contributed by atoms with van der Waals surface area (Å²) in [6, 6.07) is 0.586. The molecule has 1 atom stereocenters. The zero-order chi connectivity index (χ0) is 11.7. The quantitative estimate of drug-likeness (QED) is 0.596. The van der Waals surface area contributed by atoms with Gasteiger partial charge in [0.2, 0.25) is 0 Å². The highest BCUT2D eigenvalue weighted by Crippen LogP contribution is 2.26. The van der Waals surface area contributed by atoms with Crippen LogP contribution in [0.1, 0.15) is 53.9 Å². The van der Waals surface area contributed by atoms with Gasteiger partial charge in [-0.15, -0.1) is 0 Å². The Morgan fingerprint density at radius 2 is 1.93 bits per heavy atom. The van der Waals surface area contributed by atoms with E-state index in [0.717, 1.165) is 19.8 Å². The third-order valence-electron chi connectivity index (χ3n) is 3.06. The van der Waals surface area contributed by atoms with Crippen molar-refractivity contribution >= 4 is 0 Å². The topological polar surface area (TPSA) is 21.3 Å². The Morgan fingerprint density at radius 3 is 2.40 bits per heavy atom. The Labute approximate surface area is 95.8 Å². The van der Waals surface area contributed by atoms with Crippen molar-refractivity contribution in [2.75, 3.05) is 19.8 Å². The monoisotopic (exact) mass is 215 g/mol. The summed E-state index contributed by atoms with van der Waals surface area (Å²) in [5.74, 6) is 0. The van der Waals surface area contributed by atoms with E-state index in [2.05, 4.69) is 39.9 Å². The predicted molar refractivity (Wildman–Crippen MR) is 67.3 cm³/mol. The fourth-order valence-corrected chi connectivity index (χ4v) is 1.59. The van der Waals surface area contributed by atoms with Crippen LogP contribution in [0.15, 0.2) is 0 Å². The van der Waals surface area contributed by atoms with Crippen LogP contribution in [-0.4, -0.2) is 25.8 Å². The van der Waals surface area contributed by atoms with Gasteiger partial charge in [0, 0.05) is 25.8 Å². The van der Waals surface area contributed by atoms with Gasteiger partial charge in [0.05, 0.1) is 0 Å². The SMILES string of the molecule is CCOCCCC(C)(CC)CNC(C)C. The second kappa shape index (κ2) is 8.12. The maximum absolute atomic E-state index is 5.38. The van der Waals surface area contributed by atoms with Crippen LogP contribution in [0.2, 0.25) is 0 Å². The molecule has 0 aromatic carbocycles. The Balaban J connectivity index is 3.75. The third kappa shape index (κ3) is 7.80. The van der Waals surface area contributed by atoms with E-state index < -0.39 is 0 Å². The fourth-order valence-electron chi connectivity index (χ4n) is 1.59. The van der Waals surface area contributed by atoms with Gasteiger partial charge >= 0.3 is 0 Å². The number of hydrogen-bond donors (Lipinski definition) is 1. The zero-order valence-electron chi connectivity index (χ0n) is 11.2. The molecule has 0 heterocycles. The van der Waals surface area contributed by atoms with E-state index in [-0.39, 0.29) is 0 Å². The minimum atomic E-state index is 0.432. The van der Waals surface area contributed by atoms with E-state index in [1.807, 2.05) is 0 Å². The summed E-state index contributed by atoms with van der Waals surface area (Å²) in [6.07, 6.45) is 3.67. The molecule has 0 spiro atoms. The zero-order valence-corrected chi connectivity index (χ0v) is 11.2. The molecule has 0 aliphatic rings. The lowest BCUT2D eigenvalue weighted by molar-refractivity contribution is 0.128. The van der Waals surface area contributed by atoms with Gasteiger partial charge in [-0.2, -0.15) is 0 Å². The predicted octanol–water partition coefficient (Wildman–Crippen LogP) is 3.22. The average molecular weight is 215 g/mol. The summed E-state index contributed by atoms with van der Waals surface area (Å²) in [5.41, 5.74) is 0.432. The maximum atomic E-state index is 5.38. The molecular weight excluding hydrogens is 186 g/mol. The molecule has 2 nitrogen and oxygen atoms in total. The maximum Gasteiger partial charge on any atom is 0.0466 e. The van der Waals surface area contributed by atoms with E-state index in [1.165, 1.54) is 19.3 Å². The van der Waals surface area contributed by atoms with E-state index in [0.29, 0.717) is 11.5 Å². The molecule has 0 aromatic heterocycles. The molecule has 0 saturated carbocycles. The number of ether oxygens (including phenoxy) is 1. The summed E-state index contributed by atoms with van der Waals surface area (Å²) in [4.78, 5) is 0. The highest BCUT2D eigenvalue weighted by molar-refractivity contribution is 4.76. The van der Waals surface area contributed by atoms with Crippen molar-refractivity contribution in [2.45, 2.75) is 59.9 Å². The molecule has 0 saturated heterocycles. The smallest absolute Gasteiger partial charge is 0.0466 e. The number of nitrogens with one attached hydrogen (secondary N) is 1. The van der Waals surface area contributed by atoms with Crippen LogP contribution in [-0.2, 0) is 4.74 Å². The Morgan fingerprint density at radius 1 is 1.27 bits per heavy atom. The van der Waals surface area contributed by atoms with Crippen molar-refractivity contribution in [3.8, 4) is 0 Å². The van der Waals surface area contributed by atoms with E-state index in [9.17, 15) is 0 Å². The van der Waals surface area contributed by atoms with Crippen LogP contribution in [0.25, 0.3) is 0 Å². The first-order valence-corrected chi connectivity index (χ1v) is 6.35. The molecule has 0 aromatic rings. The van der Waals surface area contributed by atoms with Crippen LogP contribution in [0.3, 0.4) is 0 Å². The van der Waals surface area contributed by atoms with Gasteiger partial charge in [0.15, 0.2) is 0 Å². The van der Waals surface area contributed by atoms with Gasteiger partial charge in [0.1, 0.15) is 0 Å². The van der Waals surface area contributed by atoms with Gasteiger partial charge in [-0.25, -0.2) is 0 Å². The Kier molecular flexibility index (Phi) is 8.07. The first kappa shape index (κ1) is 14.9. The molecule has 0 radical (unpaired) electrons. The average Bonchev–Trinajstić information content (AvgIpc) is 2.22. The third-order valence-corrected chi connectivity index (χ3v) is 3.06. The standard InChI is InChI=1S/C13H29NO/c1-6-13(5,11-14-12(3)4)9-8-10-15-7-2/h12,14H,6-11H2,1-5H3. The van der Waals surface area contributed by atoms with Crippen molar-refractivity contribution < 1.29 is 4.74 Å². The van der Waals surface area contributed by atoms with Crippen molar-refractivity contribution in [3.63, 3.8) is 0 Å². The second-order valence-corrected chi connectivity index (χ2v) is 5.00. The summed E-state index contributed by atoms with van der Waals surface area (Å²) < 4.78 is 5.38. The lowest BCUT2D eigenvalue weighted by Gasteiger charge is -2.29. The normalized spacial score (nSPS) is 15.6. The van der Waals surface area contributed by atoms with Gasteiger partial charge in [-0.05, 0) is 31.6 Å². The highest BCUT2D eigenvalue weighted by Gasteiger charge is 2.21. The first-order chi connectivity index (χ1) is 7.04. The van der Waals surface area contributed by atoms with Gasteiger partial charge in [0.25, 0.3) is 0 Å². The molecule has 1 N–H and O–H groups in total. The van der Waals surface area contributed by atoms with Crippen molar-refractivity contribution in [1.29, 1.82) is 0 Å². The van der Waals surface area contributed by atoms with Crippen LogP contribution in [0.5, 0.6) is 0 Å². The Bertz CT molecular complexity index is 147. The lowest BCUT2D eigenvalue weighted by Crippen LogP contribution is -2.35. The molecule has 0 rings (SSSR count). The molecule has 0 amide bonds. The molecule has 0 fully saturated rings. The first-order valence-electron chi connectivity index (χ1n) is 6.35. The van der Waals surface area contributed by atoms with Gasteiger partial charge in [-0.3, -0.25) is 0 Å². The van der Waals surface area contributed by atoms with E-state index in [1.54, 1.807) is 0 Å². The van der Waals surface area contributed by atoms with Crippen molar-refractivity contribution in [2.24, 2.45) is 5.41 Å². The number of hydrogen-bond acceptors (Lipinski definition) is 2. The van der Waals surface area contributed by atoms with E-state index in [4.69, 9.17) is 4.74 Å². The van der Waals surface area contributed by atoms with Crippen molar-refractivity contribution in [1.82, 2.24) is 5.32 Å². The largest absolute Gasteiger partial charge is 0.382 e. The highest BCUT2D eigenvalue weighted by atomic mass is 16.5. The van der Waals surface area contributed by atoms with E-state index >= 15 is 0 Å². The Hall–Kier alpha value is -0.0800. The molecule has 0 aliphatic heterocycles. The fraction of sp³-hybridized carbons (Fsp3) is 1.00.